The van der Waals surface area contributed by atoms with Crippen LogP contribution in [0.5, 0.6) is 5.75 Å². The second-order valence-electron chi connectivity index (χ2n) is 5.95. The minimum atomic E-state index is -0.227. The fourth-order valence-corrected chi connectivity index (χ4v) is 4.18. The van der Waals surface area contributed by atoms with Crippen LogP contribution in [0.3, 0.4) is 0 Å². The Morgan fingerprint density at radius 1 is 1.43 bits per heavy atom. The number of nitrogen functional groups attached to an aromatic ring is 1. The van der Waals surface area contributed by atoms with Gasteiger partial charge in [-0.05, 0) is 29.7 Å². The zero-order chi connectivity index (χ0) is 15.2. The van der Waals surface area contributed by atoms with Crippen molar-refractivity contribution in [3.05, 3.63) is 29.3 Å². The summed E-state index contributed by atoms with van der Waals surface area (Å²) in [5.41, 5.74) is 14.1. The number of thioether (sulfide) groups is 1. The quantitative estimate of drug-likeness (QED) is 0.667. The number of nitrogens with zero attached hydrogens (tertiary/aromatic N) is 2. The Labute approximate surface area is 127 Å². The lowest BCUT2D eigenvalue weighted by atomic mass is 9.69. The first-order chi connectivity index (χ1) is 9.88. The van der Waals surface area contributed by atoms with E-state index in [4.69, 9.17) is 11.5 Å². The summed E-state index contributed by atoms with van der Waals surface area (Å²) in [6.45, 7) is 4.22. The predicted molar refractivity (Wildman–Crippen MR) is 83.3 cm³/mol. The van der Waals surface area contributed by atoms with Crippen molar-refractivity contribution in [1.82, 2.24) is 15.2 Å². The lowest BCUT2D eigenvalue weighted by Crippen LogP contribution is -2.52. The number of aromatic hydroxyl groups is 1. The predicted octanol–water partition coefficient (Wildman–Crippen LogP) is 1.41. The molecule has 0 amide bonds. The number of aromatic amines is 1. The van der Waals surface area contributed by atoms with E-state index < -0.39 is 0 Å². The van der Waals surface area contributed by atoms with Crippen molar-refractivity contribution in [2.45, 2.75) is 42.1 Å². The molecule has 21 heavy (non-hydrogen) atoms. The third kappa shape index (κ3) is 2.47. The van der Waals surface area contributed by atoms with Gasteiger partial charge in [-0.2, -0.15) is 4.98 Å². The summed E-state index contributed by atoms with van der Waals surface area (Å²) in [6.07, 6.45) is 0.825. The van der Waals surface area contributed by atoms with Gasteiger partial charge in [-0.15, -0.1) is 5.10 Å². The maximum absolute atomic E-state index is 9.73. The van der Waals surface area contributed by atoms with Crippen molar-refractivity contribution in [2.75, 3.05) is 5.73 Å². The molecule has 1 aliphatic rings. The maximum Gasteiger partial charge on any atom is 0.240 e. The maximum atomic E-state index is 9.73. The Morgan fingerprint density at radius 2 is 2.19 bits per heavy atom. The van der Waals surface area contributed by atoms with Gasteiger partial charge < -0.3 is 16.6 Å². The number of nitrogens with one attached hydrogen (secondary N) is 1. The molecule has 0 bridgehead atoms. The number of rotatable bonds is 2. The molecule has 6 N–H and O–H groups in total. The van der Waals surface area contributed by atoms with Crippen molar-refractivity contribution < 1.29 is 5.11 Å². The summed E-state index contributed by atoms with van der Waals surface area (Å²) >= 11 is 1.57. The summed E-state index contributed by atoms with van der Waals surface area (Å²) in [5, 5.41) is 17.2. The molecule has 2 aromatic rings. The Morgan fingerprint density at radius 3 is 2.86 bits per heavy atom. The average Bonchev–Trinajstić information content (AvgIpc) is 2.83. The molecule has 3 rings (SSSR count). The molecule has 2 atom stereocenters. The summed E-state index contributed by atoms with van der Waals surface area (Å²) in [4.78, 5) is 4.14. The number of phenolic OH excluding ortho intramolecular Hbond substituents is 1. The first-order valence-electron chi connectivity index (χ1n) is 6.80. The largest absolute Gasteiger partial charge is 0.508 e. The number of hydrogen-bond acceptors (Lipinski definition) is 6. The molecular formula is C14H19N5OS. The molecule has 6 nitrogen and oxygen atoms in total. The highest BCUT2D eigenvalue weighted by Gasteiger charge is 2.41. The molecule has 0 spiro atoms. The third-order valence-electron chi connectivity index (χ3n) is 4.19. The molecule has 112 valence electrons. The van der Waals surface area contributed by atoms with Crippen LogP contribution in [-0.2, 0) is 11.8 Å². The Kier molecular flexibility index (Phi) is 3.33. The van der Waals surface area contributed by atoms with Crippen LogP contribution in [-0.4, -0.2) is 31.6 Å². The highest BCUT2D eigenvalue weighted by molar-refractivity contribution is 7.99. The lowest BCUT2D eigenvalue weighted by Gasteiger charge is -2.42. The van der Waals surface area contributed by atoms with Crippen LogP contribution in [0.1, 0.15) is 25.0 Å². The van der Waals surface area contributed by atoms with Crippen LogP contribution in [0.4, 0.5) is 5.95 Å². The summed E-state index contributed by atoms with van der Waals surface area (Å²) < 4.78 is 0. The number of aromatic nitrogens is 3. The Bertz CT molecular complexity index is 669. The van der Waals surface area contributed by atoms with Gasteiger partial charge in [-0.25, -0.2) is 0 Å². The van der Waals surface area contributed by atoms with E-state index in [2.05, 4.69) is 29.0 Å². The van der Waals surface area contributed by atoms with Gasteiger partial charge in [0.05, 0.1) is 0 Å². The van der Waals surface area contributed by atoms with E-state index in [9.17, 15) is 5.11 Å². The molecule has 0 unspecified atom stereocenters. The highest BCUT2D eigenvalue weighted by atomic mass is 32.2. The summed E-state index contributed by atoms with van der Waals surface area (Å²) in [5.74, 6) is 0.523. The van der Waals surface area contributed by atoms with Gasteiger partial charge in [0, 0.05) is 16.7 Å². The van der Waals surface area contributed by atoms with Gasteiger partial charge in [-0.1, -0.05) is 31.7 Å². The SMILES string of the molecule is CC1(C)c2cc(O)ccc2C[C@H](Sc2nc(N)n[nH]2)[C@H]1N. The molecule has 1 heterocycles. The number of fused-ring (bicyclic) bond motifs is 1. The molecule has 0 radical (unpaired) electrons. The van der Waals surface area contributed by atoms with Crippen molar-refractivity contribution in [3.8, 4) is 5.75 Å². The first-order valence-corrected chi connectivity index (χ1v) is 7.68. The zero-order valence-electron chi connectivity index (χ0n) is 12.0. The number of hydrogen-bond donors (Lipinski definition) is 4. The third-order valence-corrected chi connectivity index (χ3v) is 5.36. The van der Waals surface area contributed by atoms with Gasteiger partial charge in [0.2, 0.25) is 5.95 Å². The standard InChI is InChI=1S/C14H19N5OS/c1-14(2)9-6-8(20)4-3-7(9)5-10(11(14)15)21-13-17-12(16)18-19-13/h3-4,6,10-11,20H,5,15H2,1-2H3,(H3,16,17,18,19)/t10-,11+/m0/s1. The molecule has 1 aromatic heterocycles. The van der Waals surface area contributed by atoms with Crippen LogP contribution in [0.2, 0.25) is 0 Å². The van der Waals surface area contributed by atoms with E-state index >= 15 is 0 Å². The smallest absolute Gasteiger partial charge is 0.240 e. The topological polar surface area (TPSA) is 114 Å². The average molecular weight is 305 g/mol. The summed E-state index contributed by atoms with van der Waals surface area (Å²) in [7, 11) is 0. The van der Waals surface area contributed by atoms with E-state index in [1.165, 1.54) is 5.56 Å². The van der Waals surface area contributed by atoms with Crippen molar-refractivity contribution >= 4 is 17.7 Å². The zero-order valence-corrected chi connectivity index (χ0v) is 12.8. The monoisotopic (exact) mass is 305 g/mol. The normalized spacial score (nSPS) is 23.8. The second-order valence-corrected chi connectivity index (χ2v) is 7.18. The van der Waals surface area contributed by atoms with Gasteiger partial charge in [0.15, 0.2) is 5.16 Å². The molecule has 0 saturated heterocycles. The van der Waals surface area contributed by atoms with Crippen molar-refractivity contribution in [3.63, 3.8) is 0 Å². The van der Waals surface area contributed by atoms with Gasteiger partial charge >= 0.3 is 0 Å². The van der Waals surface area contributed by atoms with Crippen LogP contribution >= 0.6 is 11.8 Å². The first kappa shape index (κ1) is 14.2. The minimum absolute atomic E-state index is 0.0666. The molecule has 1 aromatic carbocycles. The van der Waals surface area contributed by atoms with E-state index in [0.29, 0.717) is 5.16 Å². The van der Waals surface area contributed by atoms with Crippen LogP contribution in [0, 0.1) is 0 Å². The number of anilines is 1. The van der Waals surface area contributed by atoms with Crippen molar-refractivity contribution in [1.29, 1.82) is 0 Å². The Hall–Kier alpha value is -1.73. The lowest BCUT2D eigenvalue weighted by molar-refractivity contribution is 0.369. The molecular weight excluding hydrogens is 286 g/mol. The minimum Gasteiger partial charge on any atom is -0.508 e. The molecule has 0 fully saturated rings. The van der Waals surface area contributed by atoms with E-state index in [0.717, 1.165) is 12.0 Å². The van der Waals surface area contributed by atoms with Crippen LogP contribution in [0.25, 0.3) is 0 Å². The number of H-pyrrole nitrogens is 1. The van der Waals surface area contributed by atoms with Crippen molar-refractivity contribution in [2.24, 2.45) is 5.73 Å². The fraction of sp³-hybridized carbons (Fsp3) is 0.429. The molecule has 1 aliphatic carbocycles. The van der Waals surface area contributed by atoms with E-state index in [-0.39, 0.29) is 28.4 Å². The molecule has 0 saturated carbocycles. The van der Waals surface area contributed by atoms with Gasteiger partial charge in [0.1, 0.15) is 5.75 Å². The van der Waals surface area contributed by atoms with Crippen LogP contribution < -0.4 is 11.5 Å². The number of phenols is 1. The van der Waals surface area contributed by atoms with Gasteiger partial charge in [-0.3, -0.25) is 5.10 Å². The molecule has 0 aliphatic heterocycles. The van der Waals surface area contributed by atoms with Gasteiger partial charge in [0.25, 0.3) is 0 Å². The van der Waals surface area contributed by atoms with Crippen LogP contribution in [0.15, 0.2) is 23.4 Å². The Balaban J connectivity index is 1.93. The molecule has 7 heteroatoms. The number of benzene rings is 1. The highest BCUT2D eigenvalue weighted by Crippen LogP contribution is 2.42. The number of nitrogens with two attached hydrogens (primary N) is 2. The fourth-order valence-electron chi connectivity index (χ4n) is 2.90. The summed E-state index contributed by atoms with van der Waals surface area (Å²) in [6, 6.07) is 5.45. The van der Waals surface area contributed by atoms with E-state index in [1.807, 2.05) is 12.1 Å². The second kappa shape index (κ2) is 4.92. The van der Waals surface area contributed by atoms with E-state index in [1.54, 1.807) is 17.8 Å².